The number of nitrogens with zero attached hydrogens (tertiary/aromatic N) is 2. The molecule has 2 aliphatic carbocycles. The summed E-state index contributed by atoms with van der Waals surface area (Å²) in [6.45, 7) is 1.86. The number of likely N-dealkylation sites (tertiary alicyclic amines) is 1. The number of aromatic nitrogens is 1. The van der Waals surface area contributed by atoms with E-state index in [9.17, 15) is 19.5 Å². The van der Waals surface area contributed by atoms with Gasteiger partial charge in [0.05, 0.1) is 11.8 Å². The Morgan fingerprint density at radius 3 is 2.54 bits per heavy atom. The summed E-state index contributed by atoms with van der Waals surface area (Å²) in [6.07, 6.45) is 5.78. The van der Waals surface area contributed by atoms with Gasteiger partial charge in [0, 0.05) is 37.3 Å². The van der Waals surface area contributed by atoms with Crippen molar-refractivity contribution in [2.24, 2.45) is 29.6 Å². The maximum absolute atomic E-state index is 13.3. The van der Waals surface area contributed by atoms with Gasteiger partial charge >= 0.3 is 5.97 Å². The Hall–Kier alpha value is -2.37. The monoisotopic (exact) mass is 354 g/mol. The predicted octanol–water partition coefficient (Wildman–Crippen LogP) is 1.32. The second kappa shape index (κ2) is 5.56. The van der Waals surface area contributed by atoms with Gasteiger partial charge in [-0.3, -0.25) is 14.4 Å². The molecule has 6 nitrogen and oxygen atoms in total. The summed E-state index contributed by atoms with van der Waals surface area (Å²) in [6, 6.07) is 5.36. The number of carbonyl (C=O) groups excluding carboxylic acids is 1. The first-order chi connectivity index (χ1) is 12.5. The van der Waals surface area contributed by atoms with E-state index in [1.807, 2.05) is 27.7 Å². The zero-order chi connectivity index (χ0) is 18.0. The van der Waals surface area contributed by atoms with E-state index < -0.39 is 17.8 Å². The van der Waals surface area contributed by atoms with E-state index in [4.69, 9.17) is 0 Å². The van der Waals surface area contributed by atoms with Crippen molar-refractivity contribution in [3.63, 3.8) is 0 Å². The van der Waals surface area contributed by atoms with Gasteiger partial charge < -0.3 is 14.6 Å². The number of pyridine rings is 1. The maximum Gasteiger partial charge on any atom is 0.307 e. The van der Waals surface area contributed by atoms with Gasteiger partial charge in [0.15, 0.2) is 0 Å². The summed E-state index contributed by atoms with van der Waals surface area (Å²) in [5.41, 5.74) is 1.04. The van der Waals surface area contributed by atoms with Crippen LogP contribution < -0.4 is 5.56 Å². The van der Waals surface area contributed by atoms with Crippen LogP contribution in [-0.4, -0.2) is 39.5 Å². The van der Waals surface area contributed by atoms with Gasteiger partial charge in [-0.1, -0.05) is 18.2 Å². The molecule has 1 amide bonds. The molecule has 4 aliphatic rings. The lowest BCUT2D eigenvalue weighted by atomic mass is 9.79. The number of hydrogen-bond acceptors (Lipinski definition) is 3. The lowest BCUT2D eigenvalue weighted by Gasteiger charge is -2.44. The molecule has 1 aromatic rings. The minimum absolute atomic E-state index is 0.00400. The molecule has 0 radical (unpaired) electrons. The van der Waals surface area contributed by atoms with E-state index >= 15 is 0 Å². The first-order valence-corrected chi connectivity index (χ1v) is 9.42. The highest BCUT2D eigenvalue weighted by molar-refractivity contribution is 5.87. The zero-order valence-corrected chi connectivity index (χ0v) is 14.5. The number of aliphatic carboxylic acids is 1. The van der Waals surface area contributed by atoms with Crippen LogP contribution in [0, 0.1) is 29.6 Å². The molecule has 0 spiro atoms. The summed E-state index contributed by atoms with van der Waals surface area (Å²) in [5, 5.41) is 9.63. The summed E-state index contributed by atoms with van der Waals surface area (Å²) < 4.78 is 1.85. The summed E-state index contributed by atoms with van der Waals surface area (Å²) in [4.78, 5) is 39.0. The number of amides is 1. The van der Waals surface area contributed by atoms with Crippen LogP contribution in [0.5, 0.6) is 0 Å². The van der Waals surface area contributed by atoms with Crippen molar-refractivity contribution < 1.29 is 14.7 Å². The standard InChI is InChI=1S/C20H22N2O4/c23-16-3-1-2-15-14-6-11(9-22(15)16)8-21(10-14)19(24)17-12-4-5-13(7-12)18(17)20(25)26/h1-5,11-14,17-18H,6-10H2,(H,25,26)/t11-,12-,13-,14+,17+,18-/m0/s1. The molecule has 1 saturated heterocycles. The van der Waals surface area contributed by atoms with Gasteiger partial charge in [0.2, 0.25) is 5.91 Å². The molecule has 3 heterocycles. The van der Waals surface area contributed by atoms with Crippen LogP contribution in [0.3, 0.4) is 0 Å². The highest BCUT2D eigenvalue weighted by Crippen LogP contribution is 2.49. The summed E-state index contributed by atoms with van der Waals surface area (Å²) in [5.74, 6) is -1.39. The fourth-order valence-corrected chi connectivity index (χ4v) is 5.78. The van der Waals surface area contributed by atoms with Gasteiger partial charge in [-0.15, -0.1) is 0 Å². The molecule has 5 rings (SSSR count). The molecular formula is C20H22N2O4. The van der Waals surface area contributed by atoms with Crippen molar-refractivity contribution >= 4 is 11.9 Å². The van der Waals surface area contributed by atoms with Gasteiger partial charge in [-0.25, -0.2) is 0 Å². The van der Waals surface area contributed by atoms with E-state index in [2.05, 4.69) is 0 Å². The van der Waals surface area contributed by atoms with Crippen LogP contribution in [0.25, 0.3) is 0 Å². The largest absolute Gasteiger partial charge is 0.481 e. The second-order valence-corrected chi connectivity index (χ2v) is 8.28. The lowest BCUT2D eigenvalue weighted by molar-refractivity contribution is -0.152. The van der Waals surface area contributed by atoms with Gasteiger partial charge in [-0.05, 0) is 36.7 Å². The molecule has 136 valence electrons. The van der Waals surface area contributed by atoms with E-state index in [1.165, 1.54) is 0 Å². The third-order valence-electron chi connectivity index (χ3n) is 6.82. The first kappa shape index (κ1) is 15.9. The Balaban J connectivity index is 1.42. The Morgan fingerprint density at radius 1 is 1.00 bits per heavy atom. The smallest absolute Gasteiger partial charge is 0.307 e. The van der Waals surface area contributed by atoms with Crippen molar-refractivity contribution in [1.82, 2.24) is 9.47 Å². The number of piperidine rings is 1. The predicted molar refractivity (Wildman–Crippen MR) is 93.5 cm³/mol. The zero-order valence-electron chi connectivity index (χ0n) is 14.5. The van der Waals surface area contributed by atoms with E-state index in [0.717, 1.165) is 18.5 Å². The first-order valence-electron chi connectivity index (χ1n) is 9.42. The molecule has 2 fully saturated rings. The molecule has 2 aliphatic heterocycles. The van der Waals surface area contributed by atoms with Crippen LogP contribution in [0.15, 0.2) is 35.1 Å². The second-order valence-electron chi connectivity index (χ2n) is 8.28. The van der Waals surface area contributed by atoms with Crippen LogP contribution >= 0.6 is 0 Å². The highest BCUT2D eigenvalue weighted by atomic mass is 16.4. The molecule has 0 aromatic carbocycles. The summed E-state index contributed by atoms with van der Waals surface area (Å²) >= 11 is 0. The SMILES string of the molecule is O=C(O)[C@@H]1[C@H](C(=O)N2C[C@@H]3C[C@H](C2)c2cccc(=O)n2C3)[C@H]2C=C[C@H]1C2. The average Bonchev–Trinajstić information content (AvgIpc) is 3.23. The summed E-state index contributed by atoms with van der Waals surface area (Å²) in [7, 11) is 0. The number of carboxylic acids is 1. The highest BCUT2D eigenvalue weighted by Gasteiger charge is 2.53. The van der Waals surface area contributed by atoms with Crippen molar-refractivity contribution in [2.45, 2.75) is 25.3 Å². The van der Waals surface area contributed by atoms with Crippen molar-refractivity contribution in [2.75, 3.05) is 13.1 Å². The number of carbonyl (C=O) groups is 2. The number of allylic oxidation sites excluding steroid dienone is 2. The minimum atomic E-state index is -0.852. The lowest BCUT2D eigenvalue weighted by Crippen LogP contribution is -2.52. The van der Waals surface area contributed by atoms with Crippen LogP contribution in [-0.2, 0) is 16.1 Å². The van der Waals surface area contributed by atoms with E-state index in [0.29, 0.717) is 19.6 Å². The molecule has 4 bridgehead atoms. The number of fused-ring (bicyclic) bond motifs is 6. The van der Waals surface area contributed by atoms with E-state index in [1.54, 1.807) is 12.1 Å². The Morgan fingerprint density at radius 2 is 1.77 bits per heavy atom. The fraction of sp³-hybridized carbons (Fsp3) is 0.550. The topological polar surface area (TPSA) is 79.6 Å². The number of carboxylic acid groups (broad SMARTS) is 1. The molecule has 6 heteroatoms. The average molecular weight is 354 g/mol. The van der Waals surface area contributed by atoms with Crippen molar-refractivity contribution in [3.8, 4) is 0 Å². The molecule has 0 unspecified atom stereocenters. The van der Waals surface area contributed by atoms with Crippen molar-refractivity contribution in [1.29, 1.82) is 0 Å². The van der Waals surface area contributed by atoms with Crippen LogP contribution in [0.4, 0.5) is 0 Å². The molecular weight excluding hydrogens is 332 g/mol. The van der Waals surface area contributed by atoms with Gasteiger partial charge in [0.1, 0.15) is 0 Å². The molecule has 1 aromatic heterocycles. The normalized spacial score (nSPS) is 36.8. The number of hydrogen-bond donors (Lipinski definition) is 1. The number of rotatable bonds is 2. The molecule has 1 saturated carbocycles. The van der Waals surface area contributed by atoms with E-state index in [-0.39, 0.29) is 35.1 Å². The third-order valence-corrected chi connectivity index (χ3v) is 6.82. The molecule has 6 atom stereocenters. The molecule has 1 N–H and O–H groups in total. The van der Waals surface area contributed by atoms with Crippen LogP contribution in [0.2, 0.25) is 0 Å². The van der Waals surface area contributed by atoms with Gasteiger partial charge in [-0.2, -0.15) is 0 Å². The maximum atomic E-state index is 13.3. The Labute approximate surface area is 151 Å². The Kier molecular flexibility index (Phi) is 3.39. The van der Waals surface area contributed by atoms with Crippen molar-refractivity contribution in [3.05, 3.63) is 46.4 Å². The van der Waals surface area contributed by atoms with Gasteiger partial charge in [0.25, 0.3) is 5.56 Å². The fourth-order valence-electron chi connectivity index (χ4n) is 5.78. The quantitative estimate of drug-likeness (QED) is 0.813. The molecule has 26 heavy (non-hydrogen) atoms. The minimum Gasteiger partial charge on any atom is -0.481 e. The third kappa shape index (κ3) is 2.20. The van der Waals surface area contributed by atoms with Crippen LogP contribution in [0.1, 0.15) is 24.5 Å². The Bertz CT molecular complexity index is 873.